The first kappa shape index (κ1) is 23.2. The van der Waals surface area contributed by atoms with Crippen LogP contribution in [-0.2, 0) is 21.2 Å². The van der Waals surface area contributed by atoms with E-state index in [0.29, 0.717) is 16.5 Å². The molecule has 1 atom stereocenters. The number of hydrogen-bond acceptors (Lipinski definition) is 6. The number of ether oxygens (including phenoxy) is 2. The predicted molar refractivity (Wildman–Crippen MR) is 116 cm³/mol. The molecule has 0 spiro atoms. The normalized spacial score (nSPS) is 13.5. The first-order valence-electron chi connectivity index (χ1n) is 9.22. The van der Waals surface area contributed by atoms with Gasteiger partial charge in [0.05, 0.1) is 16.3 Å². The molecule has 0 saturated heterocycles. The van der Waals surface area contributed by atoms with Crippen LogP contribution in [0.2, 0.25) is 10.0 Å². The SMILES string of the molecule is CS(=O)(=O)CC[C@@H](NC(=O)c1ccc(Cl)cc1Cl)C(=O)NCc1ccc2c(c1)OCO2. The van der Waals surface area contributed by atoms with E-state index < -0.39 is 27.7 Å². The van der Waals surface area contributed by atoms with Crippen LogP contribution in [0, 0.1) is 0 Å². The Bertz CT molecular complexity index is 1110. The highest BCUT2D eigenvalue weighted by Crippen LogP contribution is 2.32. The van der Waals surface area contributed by atoms with E-state index in [9.17, 15) is 18.0 Å². The quantitative estimate of drug-likeness (QED) is 0.592. The van der Waals surface area contributed by atoms with Crippen LogP contribution in [0.5, 0.6) is 11.5 Å². The van der Waals surface area contributed by atoms with Crippen LogP contribution in [0.4, 0.5) is 0 Å². The van der Waals surface area contributed by atoms with Crippen molar-refractivity contribution in [1.82, 2.24) is 10.6 Å². The second-order valence-corrected chi connectivity index (χ2v) is 10.1. The van der Waals surface area contributed by atoms with Crippen molar-refractivity contribution in [3.05, 3.63) is 57.6 Å². The van der Waals surface area contributed by atoms with Gasteiger partial charge in [0.25, 0.3) is 5.91 Å². The molecular formula is C20H20Cl2N2O6S. The molecule has 3 rings (SSSR count). The maximum Gasteiger partial charge on any atom is 0.253 e. The summed E-state index contributed by atoms with van der Waals surface area (Å²) in [4.78, 5) is 25.4. The van der Waals surface area contributed by atoms with Gasteiger partial charge in [-0.2, -0.15) is 0 Å². The van der Waals surface area contributed by atoms with Crippen molar-refractivity contribution in [3.63, 3.8) is 0 Å². The van der Waals surface area contributed by atoms with Crippen LogP contribution in [0.3, 0.4) is 0 Å². The fourth-order valence-electron chi connectivity index (χ4n) is 2.87. The van der Waals surface area contributed by atoms with Crippen molar-refractivity contribution in [2.45, 2.75) is 19.0 Å². The van der Waals surface area contributed by atoms with E-state index in [1.54, 1.807) is 18.2 Å². The second kappa shape index (κ2) is 9.76. The second-order valence-electron chi connectivity index (χ2n) is 6.97. The zero-order valence-corrected chi connectivity index (χ0v) is 18.8. The summed E-state index contributed by atoms with van der Waals surface area (Å²) < 4.78 is 33.7. The van der Waals surface area contributed by atoms with E-state index in [1.807, 2.05) is 0 Å². The molecule has 2 aromatic carbocycles. The Kier molecular flexibility index (Phi) is 7.30. The highest BCUT2D eigenvalue weighted by molar-refractivity contribution is 7.90. The van der Waals surface area contributed by atoms with Crippen molar-refractivity contribution in [3.8, 4) is 11.5 Å². The molecule has 1 aliphatic rings. The number of nitrogens with one attached hydrogen (secondary N) is 2. The van der Waals surface area contributed by atoms with Gasteiger partial charge in [0, 0.05) is 17.8 Å². The molecule has 0 aromatic heterocycles. The van der Waals surface area contributed by atoms with Gasteiger partial charge in [0.1, 0.15) is 15.9 Å². The molecule has 0 fully saturated rings. The smallest absolute Gasteiger partial charge is 0.253 e. The van der Waals surface area contributed by atoms with Crippen LogP contribution in [0.1, 0.15) is 22.3 Å². The summed E-state index contributed by atoms with van der Waals surface area (Å²) in [5, 5.41) is 5.74. The lowest BCUT2D eigenvalue weighted by Crippen LogP contribution is -2.47. The minimum Gasteiger partial charge on any atom is -0.454 e. The van der Waals surface area contributed by atoms with E-state index in [0.717, 1.165) is 11.8 Å². The lowest BCUT2D eigenvalue weighted by Gasteiger charge is -2.19. The molecule has 1 aliphatic heterocycles. The Morgan fingerprint density at radius 1 is 1.10 bits per heavy atom. The van der Waals surface area contributed by atoms with Crippen molar-refractivity contribution in [1.29, 1.82) is 0 Å². The number of amides is 2. The number of rotatable bonds is 8. The highest BCUT2D eigenvalue weighted by Gasteiger charge is 2.24. The largest absolute Gasteiger partial charge is 0.454 e. The third-order valence-electron chi connectivity index (χ3n) is 4.48. The maximum atomic E-state index is 12.7. The summed E-state index contributed by atoms with van der Waals surface area (Å²) in [6.07, 6.45) is 0.967. The number of carbonyl (C=O) groups is 2. The number of fused-ring (bicyclic) bond motifs is 1. The molecule has 2 N–H and O–H groups in total. The number of hydrogen-bond donors (Lipinski definition) is 2. The first-order chi connectivity index (χ1) is 14.6. The summed E-state index contributed by atoms with van der Waals surface area (Å²) in [5.74, 6) is -0.221. The van der Waals surface area contributed by atoms with Gasteiger partial charge in [-0.1, -0.05) is 29.3 Å². The van der Waals surface area contributed by atoms with Gasteiger partial charge in [-0.3, -0.25) is 9.59 Å². The summed E-state index contributed by atoms with van der Waals surface area (Å²) in [7, 11) is -3.35. The third-order valence-corrected chi connectivity index (χ3v) is 6.00. The van der Waals surface area contributed by atoms with E-state index in [-0.39, 0.29) is 36.1 Å². The molecule has 0 aliphatic carbocycles. The molecule has 0 saturated carbocycles. The van der Waals surface area contributed by atoms with E-state index in [4.69, 9.17) is 32.7 Å². The molecule has 2 aromatic rings. The minimum atomic E-state index is -3.35. The van der Waals surface area contributed by atoms with Crippen LogP contribution in [0.25, 0.3) is 0 Å². The molecule has 11 heteroatoms. The molecule has 31 heavy (non-hydrogen) atoms. The van der Waals surface area contributed by atoms with Crippen LogP contribution in [-0.4, -0.2) is 45.1 Å². The minimum absolute atomic E-state index is 0.0945. The zero-order chi connectivity index (χ0) is 22.6. The molecule has 2 amide bonds. The van der Waals surface area contributed by atoms with Gasteiger partial charge in [0.2, 0.25) is 12.7 Å². The molecule has 0 radical (unpaired) electrons. The summed E-state index contributed by atoms with van der Waals surface area (Å²) in [6.45, 7) is 0.292. The summed E-state index contributed by atoms with van der Waals surface area (Å²) in [5.41, 5.74) is 0.880. The number of halogens is 2. The van der Waals surface area contributed by atoms with Crippen LogP contribution >= 0.6 is 23.2 Å². The predicted octanol–water partition coefficient (Wildman–Crippen LogP) is 2.57. The maximum absolute atomic E-state index is 12.7. The highest BCUT2D eigenvalue weighted by atomic mass is 35.5. The monoisotopic (exact) mass is 486 g/mol. The zero-order valence-electron chi connectivity index (χ0n) is 16.5. The van der Waals surface area contributed by atoms with Crippen molar-refractivity contribution >= 4 is 44.9 Å². The van der Waals surface area contributed by atoms with E-state index >= 15 is 0 Å². The van der Waals surface area contributed by atoms with Gasteiger partial charge in [-0.05, 0) is 42.3 Å². The standard InChI is InChI=1S/C20H20Cl2N2O6S/c1-31(27,28)7-6-16(24-19(25)14-4-3-13(21)9-15(14)22)20(26)23-10-12-2-5-17-18(8-12)30-11-29-17/h2-5,8-9,16H,6-7,10-11H2,1H3,(H,23,26)(H,24,25)/t16-/m1/s1. The topological polar surface area (TPSA) is 111 Å². The van der Waals surface area contributed by atoms with Gasteiger partial charge in [-0.15, -0.1) is 0 Å². The summed E-state index contributed by atoms with van der Waals surface area (Å²) >= 11 is 11.9. The number of sulfone groups is 1. The van der Waals surface area contributed by atoms with Crippen molar-refractivity contribution < 1.29 is 27.5 Å². The Balaban J connectivity index is 1.69. The van der Waals surface area contributed by atoms with Gasteiger partial charge < -0.3 is 20.1 Å². The van der Waals surface area contributed by atoms with Gasteiger partial charge in [-0.25, -0.2) is 8.42 Å². The third kappa shape index (κ3) is 6.49. The molecule has 1 heterocycles. The lowest BCUT2D eigenvalue weighted by molar-refractivity contribution is -0.123. The fraction of sp³-hybridized carbons (Fsp3) is 0.300. The Hall–Kier alpha value is -2.49. The van der Waals surface area contributed by atoms with Crippen molar-refractivity contribution in [2.75, 3.05) is 18.8 Å². The van der Waals surface area contributed by atoms with Crippen molar-refractivity contribution in [2.24, 2.45) is 0 Å². The van der Waals surface area contributed by atoms with Gasteiger partial charge >= 0.3 is 0 Å². The van der Waals surface area contributed by atoms with Crippen LogP contribution < -0.4 is 20.1 Å². The molecule has 0 unspecified atom stereocenters. The average Bonchev–Trinajstić information content (AvgIpc) is 3.16. The van der Waals surface area contributed by atoms with Gasteiger partial charge in [0.15, 0.2) is 11.5 Å². The Morgan fingerprint density at radius 2 is 1.84 bits per heavy atom. The summed E-state index contributed by atoms with van der Waals surface area (Å²) in [6, 6.07) is 8.48. The fourth-order valence-corrected chi connectivity index (χ4v) is 4.03. The Morgan fingerprint density at radius 3 is 2.55 bits per heavy atom. The average molecular weight is 487 g/mol. The number of carbonyl (C=O) groups excluding carboxylic acids is 2. The number of benzene rings is 2. The Labute approximate surface area is 189 Å². The molecule has 166 valence electrons. The first-order valence-corrected chi connectivity index (χ1v) is 12.0. The molecular weight excluding hydrogens is 467 g/mol. The molecule has 0 bridgehead atoms. The van der Waals surface area contributed by atoms with E-state index in [1.165, 1.54) is 18.2 Å². The van der Waals surface area contributed by atoms with E-state index in [2.05, 4.69) is 10.6 Å². The lowest BCUT2D eigenvalue weighted by atomic mass is 10.1. The molecule has 8 nitrogen and oxygen atoms in total. The van der Waals surface area contributed by atoms with Crippen LogP contribution in [0.15, 0.2) is 36.4 Å².